The highest BCUT2D eigenvalue weighted by molar-refractivity contribution is 9.10. The Morgan fingerprint density at radius 3 is 2.80 bits per heavy atom. The Morgan fingerprint density at radius 2 is 2.20 bits per heavy atom. The topological polar surface area (TPSA) is 46.4 Å². The van der Waals surface area contributed by atoms with E-state index in [2.05, 4.69) is 33.2 Å². The first kappa shape index (κ1) is 15.0. The smallest absolute Gasteiger partial charge is 0.270 e. The second-order valence-corrected chi connectivity index (χ2v) is 5.96. The Labute approximate surface area is 127 Å². The minimum Gasteiger partial charge on any atom is -0.348 e. The van der Waals surface area contributed by atoms with Gasteiger partial charge in [-0.3, -0.25) is 9.20 Å². The van der Waals surface area contributed by atoms with Gasteiger partial charge in [-0.25, -0.2) is 4.98 Å². The highest BCUT2D eigenvalue weighted by atomic mass is 79.9. The molecule has 0 bridgehead atoms. The number of nitrogens with one attached hydrogen (secondary N) is 1. The number of fused-ring (bicyclic) bond motifs is 1. The molecule has 0 aliphatic rings. The molecule has 1 amide bonds. The Bertz CT molecular complexity index is 648. The third-order valence-electron chi connectivity index (χ3n) is 3.42. The van der Waals surface area contributed by atoms with Crippen LogP contribution in [0.25, 0.3) is 5.65 Å². The molecule has 0 saturated heterocycles. The van der Waals surface area contributed by atoms with Gasteiger partial charge in [0.15, 0.2) is 5.65 Å². The summed E-state index contributed by atoms with van der Waals surface area (Å²) >= 11 is 3.52. The van der Waals surface area contributed by atoms with E-state index in [-0.39, 0.29) is 11.9 Å². The number of imidazole rings is 1. The van der Waals surface area contributed by atoms with Gasteiger partial charge in [-0.1, -0.05) is 13.8 Å². The lowest BCUT2D eigenvalue weighted by molar-refractivity contribution is 0.0932. The first-order valence-corrected chi connectivity index (χ1v) is 7.75. The fourth-order valence-electron chi connectivity index (χ4n) is 2.16. The predicted molar refractivity (Wildman–Crippen MR) is 84.2 cm³/mol. The lowest BCUT2D eigenvalue weighted by Gasteiger charge is -2.12. The number of hydrogen-bond acceptors (Lipinski definition) is 2. The van der Waals surface area contributed by atoms with Crippen LogP contribution in [-0.4, -0.2) is 21.3 Å². The number of rotatable bonds is 4. The van der Waals surface area contributed by atoms with Crippen molar-refractivity contribution in [3.63, 3.8) is 0 Å². The molecule has 0 fully saturated rings. The molecule has 0 aromatic carbocycles. The summed E-state index contributed by atoms with van der Waals surface area (Å²) in [4.78, 5) is 17.1. The monoisotopic (exact) mass is 337 g/mol. The molecule has 5 heteroatoms. The molecule has 20 heavy (non-hydrogen) atoms. The van der Waals surface area contributed by atoms with Crippen LogP contribution in [0.3, 0.4) is 0 Å². The van der Waals surface area contributed by atoms with E-state index in [9.17, 15) is 4.79 Å². The van der Waals surface area contributed by atoms with Gasteiger partial charge in [-0.2, -0.15) is 0 Å². The molecule has 0 radical (unpaired) electrons. The summed E-state index contributed by atoms with van der Waals surface area (Å²) in [7, 11) is 0. The van der Waals surface area contributed by atoms with Crippen LogP contribution in [0.15, 0.2) is 16.7 Å². The number of halogens is 1. The number of nitrogens with zero attached hydrogens (tertiary/aromatic N) is 2. The fourth-order valence-corrected chi connectivity index (χ4v) is 2.80. The van der Waals surface area contributed by atoms with Crippen molar-refractivity contribution in [3.05, 3.63) is 33.7 Å². The zero-order chi connectivity index (χ0) is 14.9. The number of carbonyl (C=O) groups excluding carboxylic acids is 1. The van der Waals surface area contributed by atoms with Crippen LogP contribution in [0.2, 0.25) is 0 Å². The third-order valence-corrected chi connectivity index (χ3v) is 4.01. The minimum absolute atomic E-state index is 0.0544. The van der Waals surface area contributed by atoms with E-state index in [4.69, 9.17) is 0 Å². The lowest BCUT2D eigenvalue weighted by atomic mass is 10.2. The normalized spacial score (nSPS) is 12.7. The summed E-state index contributed by atoms with van der Waals surface area (Å²) in [6.45, 7) is 8.09. The van der Waals surface area contributed by atoms with E-state index in [0.29, 0.717) is 5.69 Å². The number of aromatic nitrogens is 2. The number of aryl methyl sites for hydroxylation is 2. The van der Waals surface area contributed by atoms with Gasteiger partial charge in [0.25, 0.3) is 5.91 Å². The molecule has 0 spiro atoms. The first-order chi connectivity index (χ1) is 9.47. The summed E-state index contributed by atoms with van der Waals surface area (Å²) in [5, 5.41) is 3.02. The number of pyridine rings is 1. The molecule has 2 heterocycles. The van der Waals surface area contributed by atoms with E-state index in [1.165, 1.54) is 0 Å². The van der Waals surface area contributed by atoms with Crippen LogP contribution < -0.4 is 5.32 Å². The van der Waals surface area contributed by atoms with Gasteiger partial charge in [-0.05, 0) is 54.2 Å². The van der Waals surface area contributed by atoms with Gasteiger partial charge >= 0.3 is 0 Å². The van der Waals surface area contributed by atoms with Crippen molar-refractivity contribution < 1.29 is 4.79 Å². The maximum atomic E-state index is 12.5. The Balaban J connectivity index is 2.58. The number of carbonyl (C=O) groups is 1. The van der Waals surface area contributed by atoms with Gasteiger partial charge in [-0.15, -0.1) is 0 Å². The minimum atomic E-state index is -0.0544. The van der Waals surface area contributed by atoms with Gasteiger partial charge in [0.05, 0.1) is 10.2 Å². The van der Waals surface area contributed by atoms with E-state index < -0.39 is 0 Å². The molecule has 1 atom stereocenters. The highest BCUT2D eigenvalue weighted by Crippen LogP contribution is 2.23. The molecule has 0 aliphatic carbocycles. The predicted octanol–water partition coefficient (Wildman–Crippen LogP) is 3.50. The Hall–Kier alpha value is -1.36. The average molecular weight is 338 g/mol. The molecule has 2 aromatic rings. The molecular formula is C15H20BrN3O. The quantitative estimate of drug-likeness (QED) is 0.928. The van der Waals surface area contributed by atoms with Gasteiger partial charge in [0.2, 0.25) is 0 Å². The summed E-state index contributed by atoms with van der Waals surface area (Å²) in [6.07, 6.45) is 3.60. The lowest BCUT2D eigenvalue weighted by Crippen LogP contribution is -2.33. The zero-order valence-electron chi connectivity index (χ0n) is 12.3. The largest absolute Gasteiger partial charge is 0.348 e. The summed E-state index contributed by atoms with van der Waals surface area (Å²) in [5.74, 6) is -0.0544. The van der Waals surface area contributed by atoms with E-state index in [0.717, 1.165) is 34.2 Å². The van der Waals surface area contributed by atoms with Crippen molar-refractivity contribution in [3.8, 4) is 0 Å². The summed E-state index contributed by atoms with van der Waals surface area (Å²) in [6, 6.07) is 2.17. The third kappa shape index (κ3) is 2.73. The Morgan fingerprint density at radius 1 is 1.50 bits per heavy atom. The van der Waals surface area contributed by atoms with E-state index in [1.54, 1.807) is 0 Å². The van der Waals surface area contributed by atoms with Crippen LogP contribution in [0.1, 0.15) is 48.9 Å². The summed E-state index contributed by atoms with van der Waals surface area (Å²) in [5.41, 5.74) is 3.35. The second-order valence-electron chi connectivity index (χ2n) is 5.10. The second kappa shape index (κ2) is 5.95. The van der Waals surface area contributed by atoms with Crippen molar-refractivity contribution in [2.75, 3.05) is 0 Å². The Kier molecular flexibility index (Phi) is 4.48. The van der Waals surface area contributed by atoms with Crippen molar-refractivity contribution >= 4 is 27.5 Å². The highest BCUT2D eigenvalue weighted by Gasteiger charge is 2.20. The summed E-state index contributed by atoms with van der Waals surface area (Å²) < 4.78 is 2.80. The van der Waals surface area contributed by atoms with Crippen LogP contribution in [0.5, 0.6) is 0 Å². The molecule has 4 nitrogen and oxygen atoms in total. The van der Waals surface area contributed by atoms with Crippen molar-refractivity contribution in [1.29, 1.82) is 0 Å². The number of hydrogen-bond donors (Lipinski definition) is 1. The van der Waals surface area contributed by atoms with Crippen molar-refractivity contribution in [1.82, 2.24) is 14.7 Å². The van der Waals surface area contributed by atoms with Gasteiger partial charge in [0, 0.05) is 12.2 Å². The molecule has 108 valence electrons. The maximum Gasteiger partial charge on any atom is 0.270 e. The molecule has 0 aliphatic heterocycles. The maximum absolute atomic E-state index is 12.5. The van der Waals surface area contributed by atoms with Gasteiger partial charge in [0.1, 0.15) is 5.69 Å². The standard InChI is InChI=1S/C15H20BrN3O/c1-5-10(4)17-15(20)13-12(6-2)18-14-11(16)7-9(3)8-19(13)14/h7-8,10H,5-6H2,1-4H3,(H,17,20). The fraction of sp³-hybridized carbons (Fsp3) is 0.467. The molecule has 0 saturated carbocycles. The molecule has 2 rings (SSSR count). The zero-order valence-corrected chi connectivity index (χ0v) is 13.9. The first-order valence-electron chi connectivity index (χ1n) is 6.95. The van der Waals surface area contributed by atoms with Crippen LogP contribution in [0.4, 0.5) is 0 Å². The number of amides is 1. The molecular weight excluding hydrogens is 318 g/mol. The van der Waals surface area contributed by atoms with E-state index >= 15 is 0 Å². The van der Waals surface area contributed by atoms with Crippen molar-refractivity contribution in [2.45, 2.75) is 46.6 Å². The molecule has 1 N–H and O–H groups in total. The van der Waals surface area contributed by atoms with Crippen LogP contribution >= 0.6 is 15.9 Å². The van der Waals surface area contributed by atoms with E-state index in [1.807, 2.05) is 37.4 Å². The van der Waals surface area contributed by atoms with Crippen LogP contribution in [0, 0.1) is 6.92 Å². The SMILES string of the molecule is CCc1nc2c(Br)cc(C)cn2c1C(=O)NC(C)CC. The van der Waals surface area contributed by atoms with Crippen LogP contribution in [-0.2, 0) is 6.42 Å². The molecule has 2 aromatic heterocycles. The molecule has 1 unspecified atom stereocenters. The van der Waals surface area contributed by atoms with Gasteiger partial charge < -0.3 is 5.32 Å². The van der Waals surface area contributed by atoms with Crippen molar-refractivity contribution in [2.24, 2.45) is 0 Å². The average Bonchev–Trinajstić information content (AvgIpc) is 2.77.